The molecule has 3 rings (SSSR count). The Labute approximate surface area is 155 Å². The summed E-state index contributed by atoms with van der Waals surface area (Å²) in [5.74, 6) is -0.642. The standard InChI is InChI=1S/C18H19ClFN5O/c1-10-17(11(2)25(4)23-10)15-8-16(22-21-15)18(26)24(3)9-12-5-6-13(20)7-14(12)19/h5-8H,9H2,1-4H3,(H,21,22). The van der Waals surface area contributed by atoms with Crippen molar-refractivity contribution in [3.05, 3.63) is 57.8 Å². The van der Waals surface area contributed by atoms with Gasteiger partial charge in [0.2, 0.25) is 0 Å². The Kier molecular flexibility index (Phi) is 4.82. The van der Waals surface area contributed by atoms with E-state index in [1.165, 1.54) is 17.0 Å². The number of nitrogens with one attached hydrogen (secondary N) is 1. The molecule has 0 aliphatic heterocycles. The van der Waals surface area contributed by atoms with Crippen LogP contribution in [0.25, 0.3) is 11.3 Å². The minimum absolute atomic E-state index is 0.233. The maximum atomic E-state index is 13.2. The first kappa shape index (κ1) is 18.1. The Morgan fingerprint density at radius 2 is 2.08 bits per heavy atom. The molecular formula is C18H19ClFN5O. The summed E-state index contributed by atoms with van der Waals surface area (Å²) in [6.07, 6.45) is 0. The van der Waals surface area contributed by atoms with Crippen molar-refractivity contribution in [2.75, 3.05) is 7.05 Å². The number of nitrogens with zero attached hydrogens (tertiary/aromatic N) is 4. The summed E-state index contributed by atoms with van der Waals surface area (Å²) in [5, 5.41) is 11.7. The Morgan fingerprint density at radius 3 is 2.69 bits per heavy atom. The van der Waals surface area contributed by atoms with E-state index in [1.54, 1.807) is 23.9 Å². The van der Waals surface area contributed by atoms with Crippen LogP contribution in [0.15, 0.2) is 24.3 Å². The molecule has 1 aromatic carbocycles. The van der Waals surface area contributed by atoms with Gasteiger partial charge < -0.3 is 4.90 Å². The molecule has 1 amide bonds. The number of hydrogen-bond donors (Lipinski definition) is 1. The molecule has 0 fully saturated rings. The van der Waals surface area contributed by atoms with E-state index >= 15 is 0 Å². The van der Waals surface area contributed by atoms with Gasteiger partial charge in [-0.2, -0.15) is 10.2 Å². The Hall–Kier alpha value is -2.67. The van der Waals surface area contributed by atoms with Crippen LogP contribution in [0.3, 0.4) is 0 Å². The molecule has 136 valence electrons. The van der Waals surface area contributed by atoms with Crippen LogP contribution in [0, 0.1) is 19.7 Å². The molecule has 26 heavy (non-hydrogen) atoms. The second-order valence-electron chi connectivity index (χ2n) is 6.23. The van der Waals surface area contributed by atoms with E-state index in [1.807, 2.05) is 20.9 Å². The number of rotatable bonds is 4. The fraction of sp³-hybridized carbons (Fsp3) is 0.278. The van der Waals surface area contributed by atoms with E-state index in [0.29, 0.717) is 17.0 Å². The van der Waals surface area contributed by atoms with E-state index < -0.39 is 5.82 Å². The van der Waals surface area contributed by atoms with Crippen molar-refractivity contribution in [1.82, 2.24) is 24.9 Å². The van der Waals surface area contributed by atoms with Crippen LogP contribution in [-0.4, -0.2) is 37.8 Å². The van der Waals surface area contributed by atoms with Gasteiger partial charge in [0.25, 0.3) is 5.91 Å². The number of hydrogen-bond acceptors (Lipinski definition) is 3. The van der Waals surface area contributed by atoms with E-state index in [0.717, 1.165) is 17.0 Å². The lowest BCUT2D eigenvalue weighted by Gasteiger charge is -2.17. The third-order valence-electron chi connectivity index (χ3n) is 4.34. The number of benzene rings is 1. The van der Waals surface area contributed by atoms with Gasteiger partial charge in [0, 0.05) is 36.9 Å². The van der Waals surface area contributed by atoms with Crippen molar-refractivity contribution in [2.45, 2.75) is 20.4 Å². The minimum Gasteiger partial charge on any atom is -0.336 e. The zero-order valence-electron chi connectivity index (χ0n) is 15.0. The first-order valence-corrected chi connectivity index (χ1v) is 8.41. The van der Waals surface area contributed by atoms with Gasteiger partial charge >= 0.3 is 0 Å². The molecule has 0 radical (unpaired) electrons. The quantitative estimate of drug-likeness (QED) is 0.759. The van der Waals surface area contributed by atoms with E-state index in [4.69, 9.17) is 11.6 Å². The highest BCUT2D eigenvalue weighted by Gasteiger charge is 2.20. The molecule has 2 aromatic heterocycles. The van der Waals surface area contributed by atoms with E-state index in [2.05, 4.69) is 15.3 Å². The van der Waals surface area contributed by atoms with Gasteiger partial charge in [0.05, 0.1) is 11.4 Å². The number of carbonyl (C=O) groups excluding carboxylic acids is 1. The van der Waals surface area contributed by atoms with Crippen LogP contribution in [0.1, 0.15) is 27.4 Å². The Morgan fingerprint density at radius 1 is 1.35 bits per heavy atom. The zero-order chi connectivity index (χ0) is 19.0. The second kappa shape index (κ2) is 6.92. The fourth-order valence-electron chi connectivity index (χ4n) is 2.89. The monoisotopic (exact) mass is 375 g/mol. The molecule has 8 heteroatoms. The molecule has 0 spiro atoms. The summed E-state index contributed by atoms with van der Waals surface area (Å²) < 4.78 is 14.9. The van der Waals surface area contributed by atoms with Crippen LogP contribution in [-0.2, 0) is 13.6 Å². The summed E-state index contributed by atoms with van der Waals surface area (Å²) in [6, 6.07) is 5.84. The number of aromatic nitrogens is 4. The summed E-state index contributed by atoms with van der Waals surface area (Å²) in [7, 11) is 3.52. The van der Waals surface area contributed by atoms with Crippen LogP contribution >= 0.6 is 11.6 Å². The third kappa shape index (κ3) is 3.35. The molecule has 0 saturated carbocycles. The lowest BCUT2D eigenvalue weighted by Crippen LogP contribution is -2.26. The van der Waals surface area contributed by atoms with Gasteiger partial charge in [-0.15, -0.1) is 0 Å². The molecule has 2 heterocycles. The van der Waals surface area contributed by atoms with Crippen molar-refractivity contribution in [1.29, 1.82) is 0 Å². The molecule has 0 unspecified atom stereocenters. The number of amides is 1. The van der Waals surface area contributed by atoms with Crippen molar-refractivity contribution in [3.63, 3.8) is 0 Å². The van der Waals surface area contributed by atoms with Gasteiger partial charge in [-0.05, 0) is 37.6 Å². The predicted molar refractivity (Wildman–Crippen MR) is 97.5 cm³/mol. The van der Waals surface area contributed by atoms with Gasteiger partial charge in [-0.25, -0.2) is 4.39 Å². The van der Waals surface area contributed by atoms with Crippen molar-refractivity contribution in [2.24, 2.45) is 7.05 Å². The summed E-state index contributed by atoms with van der Waals surface area (Å²) in [4.78, 5) is 14.2. The summed E-state index contributed by atoms with van der Waals surface area (Å²) in [5.41, 5.74) is 4.43. The van der Waals surface area contributed by atoms with E-state index in [-0.39, 0.29) is 17.5 Å². The first-order valence-electron chi connectivity index (χ1n) is 8.03. The highest BCUT2D eigenvalue weighted by Crippen LogP contribution is 2.26. The SMILES string of the molecule is Cc1nn(C)c(C)c1-c1cc(C(=O)N(C)Cc2ccc(F)cc2Cl)[nH]n1. The average Bonchev–Trinajstić information content (AvgIpc) is 3.14. The predicted octanol–water partition coefficient (Wildman–Crippen LogP) is 3.49. The molecule has 6 nitrogen and oxygen atoms in total. The topological polar surface area (TPSA) is 66.8 Å². The van der Waals surface area contributed by atoms with Gasteiger partial charge in [-0.3, -0.25) is 14.6 Å². The molecule has 0 aliphatic rings. The Bertz CT molecular complexity index is 978. The smallest absolute Gasteiger partial charge is 0.271 e. The maximum Gasteiger partial charge on any atom is 0.271 e. The number of carbonyl (C=O) groups is 1. The summed E-state index contributed by atoms with van der Waals surface area (Å²) in [6.45, 7) is 4.12. The van der Waals surface area contributed by atoms with Gasteiger partial charge in [-0.1, -0.05) is 17.7 Å². The largest absolute Gasteiger partial charge is 0.336 e. The van der Waals surface area contributed by atoms with Crippen molar-refractivity contribution < 1.29 is 9.18 Å². The second-order valence-corrected chi connectivity index (χ2v) is 6.64. The lowest BCUT2D eigenvalue weighted by atomic mass is 10.1. The van der Waals surface area contributed by atoms with Crippen LogP contribution in [0.4, 0.5) is 4.39 Å². The lowest BCUT2D eigenvalue weighted by molar-refractivity contribution is 0.0779. The Balaban J connectivity index is 1.81. The number of aryl methyl sites for hydroxylation is 2. The van der Waals surface area contributed by atoms with Crippen LogP contribution in [0.5, 0.6) is 0 Å². The van der Waals surface area contributed by atoms with Crippen LogP contribution in [0.2, 0.25) is 5.02 Å². The molecule has 0 aliphatic carbocycles. The number of aromatic amines is 1. The third-order valence-corrected chi connectivity index (χ3v) is 4.69. The zero-order valence-corrected chi connectivity index (χ0v) is 15.7. The normalized spacial score (nSPS) is 11.0. The van der Waals surface area contributed by atoms with Crippen molar-refractivity contribution in [3.8, 4) is 11.3 Å². The molecule has 3 aromatic rings. The maximum absolute atomic E-state index is 13.2. The average molecular weight is 376 g/mol. The molecular weight excluding hydrogens is 357 g/mol. The minimum atomic E-state index is -0.409. The molecule has 0 saturated heterocycles. The number of halogens is 2. The van der Waals surface area contributed by atoms with Gasteiger partial charge in [0.1, 0.15) is 11.5 Å². The highest BCUT2D eigenvalue weighted by atomic mass is 35.5. The number of H-pyrrole nitrogens is 1. The molecule has 0 atom stereocenters. The highest BCUT2D eigenvalue weighted by molar-refractivity contribution is 6.31. The molecule has 0 bridgehead atoms. The van der Waals surface area contributed by atoms with E-state index in [9.17, 15) is 9.18 Å². The molecule has 1 N–H and O–H groups in total. The van der Waals surface area contributed by atoms with Crippen molar-refractivity contribution >= 4 is 17.5 Å². The van der Waals surface area contributed by atoms with Gasteiger partial charge in [0.15, 0.2) is 0 Å². The summed E-state index contributed by atoms with van der Waals surface area (Å²) >= 11 is 6.04. The first-order chi connectivity index (χ1) is 12.3. The van der Waals surface area contributed by atoms with Crippen LogP contribution < -0.4 is 0 Å². The fourth-order valence-corrected chi connectivity index (χ4v) is 3.11.